The minimum Gasteiger partial charge on any atom is -0.493 e. The molecule has 0 amide bonds. The molecule has 0 spiro atoms. The number of nitrogens with one attached hydrogen (secondary N) is 1. The van der Waals surface area contributed by atoms with E-state index in [1.807, 2.05) is 6.07 Å². The molecule has 4 nitrogen and oxygen atoms in total. The van der Waals surface area contributed by atoms with Crippen molar-refractivity contribution in [2.24, 2.45) is 0 Å². The summed E-state index contributed by atoms with van der Waals surface area (Å²) in [5.74, 6) is 1.54. The Balaban J connectivity index is 2.45. The molecule has 0 radical (unpaired) electrons. The van der Waals surface area contributed by atoms with Crippen LogP contribution in [0.1, 0.15) is 57.4 Å². The molecule has 0 aliphatic heterocycles. The number of unbranched alkanes of at least 4 members (excludes halogenated alkanes) is 5. The van der Waals surface area contributed by atoms with Crippen LogP contribution in [0.4, 0.5) is 0 Å². The number of ether oxygens (including phenoxy) is 2. The summed E-state index contributed by atoms with van der Waals surface area (Å²) in [6.07, 6.45) is 8.26. The van der Waals surface area contributed by atoms with Crippen LogP contribution in [0.2, 0.25) is 0 Å². The van der Waals surface area contributed by atoms with Crippen molar-refractivity contribution in [1.82, 2.24) is 5.32 Å². The van der Waals surface area contributed by atoms with Gasteiger partial charge in [-0.05, 0) is 53.0 Å². The Morgan fingerprint density at radius 3 is 2.54 bits per heavy atom. The highest BCUT2D eigenvalue weighted by molar-refractivity contribution is 9.10. The molecule has 0 saturated heterocycles. The van der Waals surface area contributed by atoms with E-state index in [1.165, 1.54) is 32.1 Å². The summed E-state index contributed by atoms with van der Waals surface area (Å²) in [6, 6.07) is 4.07. The van der Waals surface area contributed by atoms with Gasteiger partial charge in [0.1, 0.15) is 0 Å². The highest BCUT2D eigenvalue weighted by Gasteiger charge is 2.11. The van der Waals surface area contributed by atoms with Crippen molar-refractivity contribution in [3.05, 3.63) is 22.2 Å². The van der Waals surface area contributed by atoms with Gasteiger partial charge in [0.15, 0.2) is 11.5 Å². The summed E-state index contributed by atoms with van der Waals surface area (Å²) in [5.41, 5.74) is 1.13. The lowest BCUT2D eigenvalue weighted by Gasteiger charge is -2.15. The average Bonchev–Trinajstić information content (AvgIpc) is 2.59. The molecule has 5 heteroatoms. The van der Waals surface area contributed by atoms with Crippen molar-refractivity contribution in [3.63, 3.8) is 0 Å². The smallest absolute Gasteiger partial charge is 0.175 e. The predicted octanol–water partition coefficient (Wildman–Crippen LogP) is 4.67. The van der Waals surface area contributed by atoms with Gasteiger partial charge in [0.25, 0.3) is 0 Å². The predicted molar refractivity (Wildman–Crippen MR) is 103 cm³/mol. The molecule has 0 heterocycles. The SMILES string of the molecule is CCCCCCCCOc1c(Br)cc(CNCCCO)cc1OC. The minimum absolute atomic E-state index is 0.214. The lowest BCUT2D eigenvalue weighted by molar-refractivity contribution is 0.282. The Morgan fingerprint density at radius 1 is 1.08 bits per heavy atom. The molecule has 0 atom stereocenters. The molecule has 2 N–H and O–H groups in total. The van der Waals surface area contributed by atoms with Crippen LogP contribution in [0.15, 0.2) is 16.6 Å². The van der Waals surface area contributed by atoms with E-state index in [4.69, 9.17) is 14.6 Å². The summed E-state index contributed by atoms with van der Waals surface area (Å²) in [7, 11) is 1.67. The van der Waals surface area contributed by atoms with Crippen LogP contribution in [0.5, 0.6) is 11.5 Å². The Morgan fingerprint density at radius 2 is 1.83 bits per heavy atom. The molecule has 0 bridgehead atoms. The van der Waals surface area contributed by atoms with Crippen molar-refractivity contribution in [3.8, 4) is 11.5 Å². The first-order valence-electron chi connectivity index (χ1n) is 9.03. The summed E-state index contributed by atoms with van der Waals surface area (Å²) < 4.78 is 12.3. The van der Waals surface area contributed by atoms with E-state index in [-0.39, 0.29) is 6.61 Å². The second kappa shape index (κ2) is 13.5. The van der Waals surface area contributed by atoms with E-state index in [0.717, 1.165) is 54.1 Å². The van der Waals surface area contributed by atoms with E-state index < -0.39 is 0 Å². The monoisotopic (exact) mass is 401 g/mol. The van der Waals surface area contributed by atoms with Crippen LogP contribution in [0.25, 0.3) is 0 Å². The quantitative estimate of drug-likeness (QED) is 0.444. The highest BCUT2D eigenvalue weighted by Crippen LogP contribution is 2.36. The van der Waals surface area contributed by atoms with Gasteiger partial charge in [0.2, 0.25) is 0 Å². The number of benzene rings is 1. The fourth-order valence-electron chi connectivity index (χ4n) is 2.51. The summed E-state index contributed by atoms with van der Waals surface area (Å²) in [5, 5.41) is 12.1. The average molecular weight is 402 g/mol. The molecule has 1 aromatic carbocycles. The number of halogens is 1. The van der Waals surface area contributed by atoms with Crippen LogP contribution in [-0.2, 0) is 6.54 Å². The maximum absolute atomic E-state index is 8.81. The number of aliphatic hydroxyl groups is 1. The molecule has 138 valence electrons. The molecule has 0 unspecified atom stereocenters. The highest BCUT2D eigenvalue weighted by atomic mass is 79.9. The topological polar surface area (TPSA) is 50.7 Å². The Labute approximate surface area is 155 Å². The van der Waals surface area contributed by atoms with E-state index >= 15 is 0 Å². The van der Waals surface area contributed by atoms with Gasteiger partial charge in [-0.3, -0.25) is 0 Å². The Bertz CT molecular complexity index is 454. The zero-order valence-electron chi connectivity index (χ0n) is 15.1. The molecule has 1 rings (SSSR count). The number of hydrogen-bond acceptors (Lipinski definition) is 4. The van der Waals surface area contributed by atoms with Crippen molar-refractivity contribution in [1.29, 1.82) is 0 Å². The first-order chi connectivity index (χ1) is 11.7. The van der Waals surface area contributed by atoms with Crippen LogP contribution >= 0.6 is 15.9 Å². The van der Waals surface area contributed by atoms with Crippen LogP contribution in [0, 0.1) is 0 Å². The van der Waals surface area contributed by atoms with Gasteiger partial charge in [-0.2, -0.15) is 0 Å². The van der Waals surface area contributed by atoms with Gasteiger partial charge in [0, 0.05) is 13.2 Å². The third-order valence-corrected chi connectivity index (χ3v) is 4.46. The molecule has 0 aliphatic rings. The van der Waals surface area contributed by atoms with Gasteiger partial charge in [-0.25, -0.2) is 0 Å². The van der Waals surface area contributed by atoms with Gasteiger partial charge in [-0.15, -0.1) is 0 Å². The van der Waals surface area contributed by atoms with Crippen LogP contribution < -0.4 is 14.8 Å². The van der Waals surface area contributed by atoms with E-state index in [0.29, 0.717) is 0 Å². The molecule has 24 heavy (non-hydrogen) atoms. The van der Waals surface area contributed by atoms with Gasteiger partial charge >= 0.3 is 0 Å². The summed E-state index contributed by atoms with van der Waals surface area (Å²) in [6.45, 7) is 4.71. The zero-order valence-corrected chi connectivity index (χ0v) is 16.7. The summed E-state index contributed by atoms with van der Waals surface area (Å²) >= 11 is 3.59. The Kier molecular flexibility index (Phi) is 12.0. The van der Waals surface area contributed by atoms with E-state index in [9.17, 15) is 0 Å². The number of aliphatic hydroxyl groups excluding tert-OH is 1. The molecule has 0 aromatic heterocycles. The van der Waals surface area contributed by atoms with Crippen molar-refractivity contribution in [2.75, 3.05) is 26.9 Å². The maximum atomic E-state index is 8.81. The van der Waals surface area contributed by atoms with Crippen LogP contribution in [0.3, 0.4) is 0 Å². The zero-order chi connectivity index (χ0) is 17.6. The second-order valence-corrected chi connectivity index (χ2v) is 6.83. The lowest BCUT2D eigenvalue weighted by atomic mass is 10.1. The molecular formula is C19H32BrNO3. The largest absolute Gasteiger partial charge is 0.493 e. The third kappa shape index (κ3) is 8.36. The fraction of sp³-hybridized carbons (Fsp3) is 0.684. The first kappa shape index (κ1) is 21.3. The normalized spacial score (nSPS) is 10.8. The van der Waals surface area contributed by atoms with Gasteiger partial charge in [-0.1, -0.05) is 39.0 Å². The Hall–Kier alpha value is -0.780. The van der Waals surface area contributed by atoms with Crippen molar-refractivity contribution >= 4 is 15.9 Å². The van der Waals surface area contributed by atoms with Gasteiger partial charge < -0.3 is 19.9 Å². The maximum Gasteiger partial charge on any atom is 0.175 e. The van der Waals surface area contributed by atoms with Crippen molar-refractivity contribution in [2.45, 2.75) is 58.4 Å². The lowest BCUT2D eigenvalue weighted by Crippen LogP contribution is -2.15. The van der Waals surface area contributed by atoms with E-state index in [1.54, 1.807) is 7.11 Å². The fourth-order valence-corrected chi connectivity index (χ4v) is 3.11. The number of methoxy groups -OCH3 is 1. The molecule has 0 fully saturated rings. The van der Waals surface area contributed by atoms with Crippen LogP contribution in [-0.4, -0.2) is 32.0 Å². The number of hydrogen-bond donors (Lipinski definition) is 2. The molecule has 0 saturated carbocycles. The third-order valence-electron chi connectivity index (χ3n) is 3.87. The number of rotatable bonds is 14. The molecule has 1 aromatic rings. The minimum atomic E-state index is 0.214. The van der Waals surface area contributed by atoms with E-state index in [2.05, 4.69) is 34.2 Å². The van der Waals surface area contributed by atoms with Crippen molar-refractivity contribution < 1.29 is 14.6 Å². The molecule has 0 aliphatic carbocycles. The standard InChI is InChI=1S/C19H32BrNO3/c1-3-4-5-6-7-8-12-24-19-17(20)13-16(14-18(19)23-2)15-21-10-9-11-22/h13-14,21-22H,3-12,15H2,1-2H3. The second-order valence-electron chi connectivity index (χ2n) is 5.98. The van der Waals surface area contributed by atoms with Gasteiger partial charge in [0.05, 0.1) is 18.2 Å². The first-order valence-corrected chi connectivity index (χ1v) is 9.83. The molecular weight excluding hydrogens is 370 g/mol. The summed E-state index contributed by atoms with van der Waals surface area (Å²) in [4.78, 5) is 0.